The van der Waals surface area contributed by atoms with E-state index < -0.39 is 5.82 Å². The number of rotatable bonds is 4. The maximum atomic E-state index is 13.6. The fourth-order valence-corrected chi connectivity index (χ4v) is 1.68. The average molecular weight is 302 g/mol. The smallest absolute Gasteiger partial charge is 0.256 e. The highest BCUT2D eigenvalue weighted by Gasteiger charge is 2.16. The van der Waals surface area contributed by atoms with E-state index in [2.05, 4.69) is 15.9 Å². The number of halogens is 2. The number of hydrogen-bond donors (Lipinski definition) is 0. The second-order valence-corrected chi connectivity index (χ2v) is 5.84. The number of alkyl halides is 1. The van der Waals surface area contributed by atoms with Gasteiger partial charge in [-0.3, -0.25) is 4.79 Å². The van der Waals surface area contributed by atoms with Crippen molar-refractivity contribution in [2.24, 2.45) is 0 Å². The van der Waals surface area contributed by atoms with Crippen LogP contribution in [0.2, 0.25) is 0 Å². The molecule has 0 saturated carbocycles. The van der Waals surface area contributed by atoms with Crippen LogP contribution in [0.3, 0.4) is 0 Å². The fourth-order valence-electron chi connectivity index (χ4n) is 1.47. The zero-order valence-corrected chi connectivity index (χ0v) is 11.9. The molecule has 0 aliphatic rings. The number of carbonyl (C=O) groups is 1. The van der Waals surface area contributed by atoms with E-state index in [1.54, 1.807) is 31.0 Å². The molecule has 94 valence electrons. The quantitative estimate of drug-likeness (QED) is 0.781. The van der Waals surface area contributed by atoms with Crippen molar-refractivity contribution >= 4 is 21.8 Å². The Balaban J connectivity index is 2.75. The molecule has 17 heavy (non-hydrogen) atoms. The lowest BCUT2D eigenvalue weighted by Crippen LogP contribution is -2.29. The van der Waals surface area contributed by atoms with Crippen molar-refractivity contribution in [2.75, 3.05) is 13.6 Å². The van der Waals surface area contributed by atoms with Gasteiger partial charge in [-0.2, -0.15) is 0 Å². The second-order valence-electron chi connectivity index (χ2n) is 4.28. The third-order valence-corrected chi connectivity index (χ3v) is 3.02. The lowest BCUT2D eigenvalue weighted by Gasteiger charge is -2.18. The molecule has 1 aromatic carbocycles. The first-order valence-electron chi connectivity index (χ1n) is 5.57. The van der Waals surface area contributed by atoms with Crippen molar-refractivity contribution in [1.29, 1.82) is 0 Å². The van der Waals surface area contributed by atoms with Gasteiger partial charge in [-0.15, -0.1) is 0 Å². The monoisotopic (exact) mass is 301 g/mol. The van der Waals surface area contributed by atoms with Crippen molar-refractivity contribution in [2.45, 2.75) is 25.1 Å². The molecular weight excluding hydrogens is 285 g/mol. The molecule has 1 atom stereocenters. The van der Waals surface area contributed by atoms with Gasteiger partial charge in [0.25, 0.3) is 5.91 Å². The van der Waals surface area contributed by atoms with Gasteiger partial charge >= 0.3 is 0 Å². The van der Waals surface area contributed by atoms with E-state index in [0.29, 0.717) is 11.4 Å². The minimum atomic E-state index is -0.450. The molecule has 1 rings (SSSR count). The van der Waals surface area contributed by atoms with Gasteiger partial charge in [-0.1, -0.05) is 28.9 Å². The molecule has 0 aliphatic heterocycles. The van der Waals surface area contributed by atoms with Crippen LogP contribution in [0, 0.1) is 12.7 Å². The Morgan fingerprint density at radius 2 is 2.18 bits per heavy atom. The average Bonchev–Trinajstić information content (AvgIpc) is 2.25. The number of carbonyl (C=O) groups excluding carboxylic acids is 1. The van der Waals surface area contributed by atoms with E-state index >= 15 is 0 Å². The Labute approximate surface area is 110 Å². The Hall–Kier alpha value is -0.900. The van der Waals surface area contributed by atoms with Crippen LogP contribution < -0.4 is 0 Å². The molecule has 1 unspecified atom stereocenters. The van der Waals surface area contributed by atoms with Crippen LogP contribution >= 0.6 is 15.9 Å². The van der Waals surface area contributed by atoms with E-state index in [4.69, 9.17) is 0 Å². The number of aryl methyl sites for hydroxylation is 1. The number of nitrogens with zero attached hydrogens (tertiary/aromatic N) is 1. The van der Waals surface area contributed by atoms with Crippen LogP contribution in [0.15, 0.2) is 18.2 Å². The largest absolute Gasteiger partial charge is 0.342 e. The molecule has 1 aromatic rings. The summed E-state index contributed by atoms with van der Waals surface area (Å²) in [6.45, 7) is 4.43. The molecule has 0 heterocycles. The SMILES string of the molecule is Cc1ccc(C(=O)N(C)CCC(C)Br)c(F)c1. The zero-order valence-electron chi connectivity index (χ0n) is 10.3. The van der Waals surface area contributed by atoms with Crippen molar-refractivity contribution in [3.8, 4) is 0 Å². The minimum Gasteiger partial charge on any atom is -0.342 e. The summed E-state index contributed by atoms with van der Waals surface area (Å²) in [5.74, 6) is -0.718. The molecule has 2 nitrogen and oxygen atoms in total. The minimum absolute atomic E-state index is 0.139. The van der Waals surface area contributed by atoms with Crippen LogP contribution in [-0.2, 0) is 0 Å². The molecule has 0 N–H and O–H groups in total. The van der Waals surface area contributed by atoms with Gasteiger partial charge in [-0.25, -0.2) is 4.39 Å². The molecule has 4 heteroatoms. The summed E-state index contributed by atoms with van der Waals surface area (Å²) < 4.78 is 13.6. The number of hydrogen-bond acceptors (Lipinski definition) is 1. The summed E-state index contributed by atoms with van der Waals surface area (Å²) >= 11 is 3.42. The summed E-state index contributed by atoms with van der Waals surface area (Å²) in [4.78, 5) is 13.9. The predicted octanol–water partition coefficient (Wildman–Crippen LogP) is 3.38. The Morgan fingerprint density at radius 1 is 1.53 bits per heavy atom. The zero-order chi connectivity index (χ0) is 13.0. The fraction of sp³-hybridized carbons (Fsp3) is 0.462. The lowest BCUT2D eigenvalue weighted by molar-refractivity contribution is 0.0789. The summed E-state index contributed by atoms with van der Waals surface area (Å²) in [7, 11) is 1.69. The van der Waals surface area contributed by atoms with Crippen molar-refractivity contribution in [3.63, 3.8) is 0 Å². The highest BCUT2D eigenvalue weighted by molar-refractivity contribution is 9.09. The van der Waals surface area contributed by atoms with Crippen LogP contribution in [0.4, 0.5) is 4.39 Å². The highest BCUT2D eigenvalue weighted by atomic mass is 79.9. The van der Waals surface area contributed by atoms with Crippen LogP contribution in [0.5, 0.6) is 0 Å². The predicted molar refractivity (Wildman–Crippen MR) is 71.1 cm³/mol. The normalized spacial score (nSPS) is 12.3. The maximum absolute atomic E-state index is 13.6. The first kappa shape index (κ1) is 14.2. The van der Waals surface area contributed by atoms with Gasteiger partial charge in [0.1, 0.15) is 5.82 Å². The summed E-state index contributed by atoms with van der Waals surface area (Å²) in [5.41, 5.74) is 0.955. The van der Waals surface area contributed by atoms with Gasteiger partial charge in [-0.05, 0) is 31.0 Å². The number of benzene rings is 1. The molecular formula is C13H17BrFNO. The molecule has 0 radical (unpaired) electrons. The summed E-state index contributed by atoms with van der Waals surface area (Å²) in [5, 5.41) is 0. The van der Waals surface area contributed by atoms with E-state index in [1.807, 2.05) is 6.92 Å². The molecule has 0 fully saturated rings. The number of amides is 1. The van der Waals surface area contributed by atoms with E-state index in [-0.39, 0.29) is 11.5 Å². The molecule has 0 aromatic heterocycles. The third-order valence-electron chi connectivity index (χ3n) is 2.56. The maximum Gasteiger partial charge on any atom is 0.256 e. The van der Waals surface area contributed by atoms with E-state index in [9.17, 15) is 9.18 Å². The van der Waals surface area contributed by atoms with Crippen LogP contribution in [0.1, 0.15) is 29.3 Å². The molecule has 0 saturated heterocycles. The van der Waals surface area contributed by atoms with Crippen molar-refractivity contribution in [3.05, 3.63) is 35.1 Å². The first-order chi connectivity index (χ1) is 7.91. The van der Waals surface area contributed by atoms with Gasteiger partial charge in [0.05, 0.1) is 5.56 Å². The highest BCUT2D eigenvalue weighted by Crippen LogP contribution is 2.13. The Morgan fingerprint density at radius 3 is 2.71 bits per heavy atom. The molecule has 0 spiro atoms. The second kappa shape index (κ2) is 6.15. The molecule has 0 bridgehead atoms. The van der Waals surface area contributed by atoms with Crippen molar-refractivity contribution < 1.29 is 9.18 Å². The lowest BCUT2D eigenvalue weighted by atomic mass is 10.1. The van der Waals surface area contributed by atoms with E-state index in [1.165, 1.54) is 6.07 Å². The first-order valence-corrected chi connectivity index (χ1v) is 6.49. The summed E-state index contributed by atoms with van der Waals surface area (Å²) in [6, 6.07) is 4.67. The summed E-state index contributed by atoms with van der Waals surface area (Å²) in [6.07, 6.45) is 0.843. The van der Waals surface area contributed by atoms with Gasteiger partial charge in [0, 0.05) is 18.4 Å². The topological polar surface area (TPSA) is 20.3 Å². The Bertz CT molecular complexity index is 406. The van der Waals surface area contributed by atoms with Crippen LogP contribution in [-0.4, -0.2) is 29.2 Å². The molecule has 0 aliphatic carbocycles. The van der Waals surface area contributed by atoms with E-state index in [0.717, 1.165) is 12.0 Å². The third kappa shape index (κ3) is 4.11. The van der Waals surface area contributed by atoms with Crippen LogP contribution in [0.25, 0.3) is 0 Å². The van der Waals surface area contributed by atoms with Gasteiger partial charge < -0.3 is 4.90 Å². The molecule has 1 amide bonds. The standard InChI is InChI=1S/C13H17BrFNO/c1-9-4-5-11(12(15)8-9)13(17)16(3)7-6-10(2)14/h4-5,8,10H,6-7H2,1-3H3. The van der Waals surface area contributed by atoms with Gasteiger partial charge in [0.15, 0.2) is 0 Å². The van der Waals surface area contributed by atoms with Gasteiger partial charge in [0.2, 0.25) is 0 Å². The van der Waals surface area contributed by atoms with Crippen molar-refractivity contribution in [1.82, 2.24) is 4.90 Å². The Kier molecular flexibility index (Phi) is 5.12.